The van der Waals surface area contributed by atoms with Crippen molar-refractivity contribution >= 4 is 11.6 Å². The first-order valence-corrected chi connectivity index (χ1v) is 5.41. The fourth-order valence-electron chi connectivity index (χ4n) is 1.24. The normalized spacial score (nSPS) is 11.8. The standard InChI is InChI=1S/C12H17ClFN/c1-12(2,3)8-15-7-9-4-5-10(13)6-11(9)14/h4-6,15H,7-8H2,1-3H3. The summed E-state index contributed by atoms with van der Waals surface area (Å²) in [4.78, 5) is 0. The highest BCUT2D eigenvalue weighted by molar-refractivity contribution is 6.30. The summed E-state index contributed by atoms with van der Waals surface area (Å²) in [6, 6.07) is 4.77. The second-order valence-corrected chi connectivity index (χ2v) is 5.34. The van der Waals surface area contributed by atoms with Crippen molar-refractivity contribution in [2.45, 2.75) is 27.3 Å². The van der Waals surface area contributed by atoms with E-state index >= 15 is 0 Å². The molecule has 1 N–H and O–H groups in total. The quantitative estimate of drug-likeness (QED) is 0.835. The molecule has 0 aliphatic carbocycles. The third-order valence-corrected chi connectivity index (χ3v) is 2.22. The van der Waals surface area contributed by atoms with Gasteiger partial charge >= 0.3 is 0 Å². The average molecular weight is 230 g/mol. The molecule has 0 aliphatic heterocycles. The summed E-state index contributed by atoms with van der Waals surface area (Å²) in [6.45, 7) is 7.81. The molecule has 0 atom stereocenters. The maximum atomic E-state index is 13.3. The predicted molar refractivity (Wildman–Crippen MR) is 62.6 cm³/mol. The van der Waals surface area contributed by atoms with Crippen LogP contribution in [0.4, 0.5) is 4.39 Å². The Morgan fingerprint density at radius 2 is 2.00 bits per heavy atom. The van der Waals surface area contributed by atoms with E-state index in [0.717, 1.165) is 6.54 Å². The van der Waals surface area contributed by atoms with Crippen LogP contribution in [0.25, 0.3) is 0 Å². The van der Waals surface area contributed by atoms with Gasteiger partial charge in [-0.25, -0.2) is 4.39 Å². The van der Waals surface area contributed by atoms with Crippen LogP contribution in [-0.2, 0) is 6.54 Å². The molecule has 1 aromatic rings. The van der Waals surface area contributed by atoms with Gasteiger partial charge in [-0.1, -0.05) is 38.4 Å². The number of benzene rings is 1. The zero-order chi connectivity index (χ0) is 11.5. The molecule has 1 aromatic carbocycles. The number of nitrogens with one attached hydrogen (secondary N) is 1. The van der Waals surface area contributed by atoms with Crippen LogP contribution in [-0.4, -0.2) is 6.54 Å². The lowest BCUT2D eigenvalue weighted by atomic mass is 9.97. The summed E-state index contributed by atoms with van der Waals surface area (Å²) in [5, 5.41) is 3.66. The summed E-state index contributed by atoms with van der Waals surface area (Å²) in [6.07, 6.45) is 0. The lowest BCUT2D eigenvalue weighted by Gasteiger charge is -2.18. The Morgan fingerprint density at radius 1 is 1.33 bits per heavy atom. The molecule has 0 saturated heterocycles. The lowest BCUT2D eigenvalue weighted by molar-refractivity contribution is 0.377. The molecule has 15 heavy (non-hydrogen) atoms. The SMILES string of the molecule is CC(C)(C)CNCc1ccc(Cl)cc1F. The van der Waals surface area contributed by atoms with Gasteiger partial charge in [-0.2, -0.15) is 0 Å². The molecule has 0 heterocycles. The van der Waals surface area contributed by atoms with Gasteiger partial charge in [0, 0.05) is 23.7 Å². The van der Waals surface area contributed by atoms with E-state index in [-0.39, 0.29) is 11.2 Å². The van der Waals surface area contributed by atoms with E-state index < -0.39 is 0 Å². The van der Waals surface area contributed by atoms with E-state index in [9.17, 15) is 4.39 Å². The Kier molecular flexibility index (Phi) is 4.12. The van der Waals surface area contributed by atoms with Gasteiger partial charge in [0.05, 0.1) is 0 Å². The fraction of sp³-hybridized carbons (Fsp3) is 0.500. The van der Waals surface area contributed by atoms with Crippen molar-refractivity contribution in [2.75, 3.05) is 6.54 Å². The van der Waals surface area contributed by atoms with Crippen LogP contribution < -0.4 is 5.32 Å². The number of hydrogen-bond donors (Lipinski definition) is 1. The van der Waals surface area contributed by atoms with Gasteiger partial charge in [0.25, 0.3) is 0 Å². The number of rotatable bonds is 3. The summed E-state index contributed by atoms with van der Waals surface area (Å²) >= 11 is 5.66. The Morgan fingerprint density at radius 3 is 2.53 bits per heavy atom. The van der Waals surface area contributed by atoms with Crippen LogP contribution in [0.2, 0.25) is 5.02 Å². The molecule has 1 rings (SSSR count). The minimum absolute atomic E-state index is 0.211. The largest absolute Gasteiger partial charge is 0.312 e. The maximum Gasteiger partial charge on any atom is 0.129 e. The van der Waals surface area contributed by atoms with Gasteiger partial charge in [-0.15, -0.1) is 0 Å². The smallest absolute Gasteiger partial charge is 0.129 e. The van der Waals surface area contributed by atoms with Crippen LogP contribution >= 0.6 is 11.6 Å². The van der Waals surface area contributed by atoms with Gasteiger partial charge in [-0.05, 0) is 17.5 Å². The van der Waals surface area contributed by atoms with Crippen LogP contribution in [0.3, 0.4) is 0 Å². The minimum atomic E-state index is -0.246. The number of hydrogen-bond acceptors (Lipinski definition) is 1. The molecule has 0 aliphatic rings. The van der Waals surface area contributed by atoms with Crippen LogP contribution in [0, 0.1) is 11.2 Å². The third-order valence-electron chi connectivity index (χ3n) is 1.99. The topological polar surface area (TPSA) is 12.0 Å². The minimum Gasteiger partial charge on any atom is -0.312 e. The average Bonchev–Trinajstić information content (AvgIpc) is 2.07. The van der Waals surface area contributed by atoms with Crippen LogP contribution in [0.1, 0.15) is 26.3 Å². The maximum absolute atomic E-state index is 13.3. The van der Waals surface area contributed by atoms with Gasteiger partial charge < -0.3 is 5.32 Å². The number of halogens is 2. The molecule has 3 heteroatoms. The van der Waals surface area contributed by atoms with E-state index in [4.69, 9.17) is 11.6 Å². The van der Waals surface area contributed by atoms with Crippen molar-refractivity contribution < 1.29 is 4.39 Å². The molecule has 0 fully saturated rings. The molecule has 0 aromatic heterocycles. The zero-order valence-electron chi connectivity index (χ0n) is 9.40. The van der Waals surface area contributed by atoms with Gasteiger partial charge in [0.15, 0.2) is 0 Å². The molecule has 84 valence electrons. The second kappa shape index (κ2) is 4.95. The molecule has 0 amide bonds. The van der Waals surface area contributed by atoms with E-state index in [1.807, 2.05) is 0 Å². The molecule has 0 radical (unpaired) electrons. The van der Waals surface area contributed by atoms with Crippen molar-refractivity contribution in [3.8, 4) is 0 Å². The van der Waals surface area contributed by atoms with Gasteiger partial charge in [0.1, 0.15) is 5.82 Å². The predicted octanol–water partition coefficient (Wildman–Crippen LogP) is 3.61. The highest BCUT2D eigenvalue weighted by atomic mass is 35.5. The van der Waals surface area contributed by atoms with Crippen LogP contribution in [0.5, 0.6) is 0 Å². The van der Waals surface area contributed by atoms with Crippen molar-refractivity contribution in [1.82, 2.24) is 5.32 Å². The van der Waals surface area contributed by atoms with Crippen molar-refractivity contribution in [1.29, 1.82) is 0 Å². The Balaban J connectivity index is 2.51. The van der Waals surface area contributed by atoms with E-state index in [1.165, 1.54) is 6.07 Å². The van der Waals surface area contributed by atoms with Crippen molar-refractivity contribution in [3.05, 3.63) is 34.6 Å². The van der Waals surface area contributed by atoms with Gasteiger partial charge in [0.2, 0.25) is 0 Å². The molecular formula is C12H17ClFN. The summed E-state index contributed by atoms with van der Waals surface area (Å²) in [5.41, 5.74) is 0.867. The van der Waals surface area contributed by atoms with E-state index in [0.29, 0.717) is 17.1 Å². The molecular weight excluding hydrogens is 213 g/mol. The van der Waals surface area contributed by atoms with Gasteiger partial charge in [-0.3, -0.25) is 0 Å². The third kappa shape index (κ3) is 4.63. The first-order valence-electron chi connectivity index (χ1n) is 5.03. The summed E-state index contributed by atoms with van der Waals surface area (Å²) in [7, 11) is 0. The lowest BCUT2D eigenvalue weighted by Crippen LogP contribution is -2.26. The monoisotopic (exact) mass is 229 g/mol. The Hall–Kier alpha value is -0.600. The van der Waals surface area contributed by atoms with Crippen LogP contribution in [0.15, 0.2) is 18.2 Å². The highest BCUT2D eigenvalue weighted by Gasteiger charge is 2.09. The molecule has 1 nitrogen and oxygen atoms in total. The Labute approximate surface area is 95.6 Å². The van der Waals surface area contributed by atoms with Crippen molar-refractivity contribution in [3.63, 3.8) is 0 Å². The first kappa shape index (κ1) is 12.5. The second-order valence-electron chi connectivity index (χ2n) is 4.90. The highest BCUT2D eigenvalue weighted by Crippen LogP contribution is 2.15. The van der Waals surface area contributed by atoms with E-state index in [1.54, 1.807) is 12.1 Å². The van der Waals surface area contributed by atoms with E-state index in [2.05, 4.69) is 26.1 Å². The molecule has 0 bridgehead atoms. The molecule has 0 unspecified atom stereocenters. The molecule has 0 spiro atoms. The first-order chi connectivity index (χ1) is 6.88. The fourth-order valence-corrected chi connectivity index (χ4v) is 1.40. The van der Waals surface area contributed by atoms with Crippen molar-refractivity contribution in [2.24, 2.45) is 5.41 Å². The summed E-state index contributed by atoms with van der Waals surface area (Å²) in [5.74, 6) is -0.246. The molecule has 0 saturated carbocycles. The zero-order valence-corrected chi connectivity index (χ0v) is 10.2. The summed E-state index contributed by atoms with van der Waals surface area (Å²) < 4.78 is 13.3. The Bertz CT molecular complexity index is 331.